The number of hydrogen-bond donors (Lipinski definition) is 3. The number of fused-ring (bicyclic) bond motifs is 2. The third kappa shape index (κ3) is 5.39. The number of aryl methyl sites for hydroxylation is 1. The van der Waals surface area contributed by atoms with Gasteiger partial charge in [-0.25, -0.2) is 9.37 Å². The van der Waals surface area contributed by atoms with E-state index in [0.29, 0.717) is 65.0 Å². The van der Waals surface area contributed by atoms with E-state index in [1.54, 1.807) is 35.4 Å². The summed E-state index contributed by atoms with van der Waals surface area (Å²) in [6.07, 6.45) is 1.32. The Hall–Kier alpha value is -4.52. The summed E-state index contributed by atoms with van der Waals surface area (Å²) in [7, 11) is 1.48. The van der Waals surface area contributed by atoms with Gasteiger partial charge in [-0.15, -0.1) is 0 Å². The lowest BCUT2D eigenvalue weighted by Gasteiger charge is -2.45. The SMILES string of the molecule is C=CC(=O)N1CCN(C2=C(C(=O)NC)C(O)N(c3c(C)ccnc3C(C)C)c3c2cc(Cl)c(-c2cccc4sc(N)nc24)c3F)CC1. The molecule has 0 radical (unpaired) electrons. The van der Waals surface area contributed by atoms with Crippen molar-refractivity contribution in [1.29, 1.82) is 0 Å². The lowest BCUT2D eigenvalue weighted by atomic mass is 9.89. The molecule has 1 saturated heterocycles. The Kier molecular flexibility index (Phi) is 8.68. The second kappa shape index (κ2) is 12.6. The molecular formula is C34H35ClFN7O3S. The average molecular weight is 676 g/mol. The molecule has 1 atom stereocenters. The lowest BCUT2D eigenvalue weighted by molar-refractivity contribution is -0.127. The van der Waals surface area contributed by atoms with Crippen molar-refractivity contribution in [2.75, 3.05) is 43.9 Å². The van der Waals surface area contributed by atoms with Crippen LogP contribution < -0.4 is 16.0 Å². The number of aromatic nitrogens is 2. The summed E-state index contributed by atoms with van der Waals surface area (Å²) in [6.45, 7) is 10.7. The number of nitrogens with one attached hydrogen (secondary N) is 1. The number of benzene rings is 2. The van der Waals surface area contributed by atoms with Crippen LogP contribution in [0.5, 0.6) is 0 Å². The number of nitrogen functional groups attached to an aromatic ring is 1. The molecule has 10 nitrogen and oxygen atoms in total. The normalized spacial score (nSPS) is 16.6. The highest BCUT2D eigenvalue weighted by Crippen LogP contribution is 2.51. The number of thiazole rings is 1. The van der Waals surface area contributed by atoms with E-state index in [2.05, 4.69) is 21.9 Å². The van der Waals surface area contributed by atoms with Gasteiger partial charge in [-0.05, 0) is 42.7 Å². The molecule has 1 unspecified atom stereocenters. The molecular weight excluding hydrogens is 641 g/mol. The highest BCUT2D eigenvalue weighted by atomic mass is 35.5. The number of nitrogens with two attached hydrogens (primary N) is 1. The summed E-state index contributed by atoms with van der Waals surface area (Å²) in [6, 6.07) is 8.81. The van der Waals surface area contributed by atoms with Crippen LogP contribution in [-0.4, -0.2) is 76.1 Å². The Balaban J connectivity index is 1.68. The number of para-hydroxylation sites is 1. The van der Waals surface area contributed by atoms with Crippen molar-refractivity contribution in [3.63, 3.8) is 0 Å². The Labute approximate surface area is 281 Å². The topological polar surface area (TPSA) is 128 Å². The van der Waals surface area contributed by atoms with Crippen molar-refractivity contribution in [1.82, 2.24) is 25.1 Å². The summed E-state index contributed by atoms with van der Waals surface area (Å²) in [5, 5.41) is 15.4. The van der Waals surface area contributed by atoms with E-state index in [0.717, 1.165) is 10.3 Å². The number of halogens is 2. The molecule has 2 aliphatic heterocycles. The van der Waals surface area contributed by atoms with Gasteiger partial charge in [-0.2, -0.15) is 0 Å². The minimum Gasteiger partial charge on any atom is -0.375 e. The van der Waals surface area contributed by atoms with E-state index in [1.807, 2.05) is 31.7 Å². The van der Waals surface area contributed by atoms with Crippen LogP contribution in [0, 0.1) is 12.7 Å². The van der Waals surface area contributed by atoms with Crippen LogP contribution in [0.25, 0.3) is 27.0 Å². The Morgan fingerprint density at radius 1 is 1.19 bits per heavy atom. The van der Waals surface area contributed by atoms with Crippen LogP contribution >= 0.6 is 22.9 Å². The molecule has 244 valence electrons. The number of carbonyl (C=O) groups excluding carboxylic acids is 2. The van der Waals surface area contributed by atoms with Gasteiger partial charge in [-0.1, -0.05) is 55.5 Å². The molecule has 0 bridgehead atoms. The second-order valence-corrected chi connectivity index (χ2v) is 13.2. The number of hydrogen-bond acceptors (Lipinski definition) is 9. The number of piperazine rings is 1. The van der Waals surface area contributed by atoms with Crippen molar-refractivity contribution in [3.05, 3.63) is 82.4 Å². The predicted octanol–water partition coefficient (Wildman–Crippen LogP) is 5.42. The van der Waals surface area contributed by atoms with Crippen LogP contribution in [0.1, 0.15) is 36.6 Å². The second-order valence-electron chi connectivity index (χ2n) is 11.8. The maximum atomic E-state index is 17.7. The molecule has 4 heterocycles. The van der Waals surface area contributed by atoms with Gasteiger partial charge in [0.1, 0.15) is 0 Å². The maximum absolute atomic E-state index is 17.7. The fourth-order valence-electron chi connectivity index (χ4n) is 6.48. The van der Waals surface area contributed by atoms with Gasteiger partial charge in [0.05, 0.1) is 43.6 Å². The predicted molar refractivity (Wildman–Crippen MR) is 185 cm³/mol. The number of likely N-dealkylation sites (N-methyl/N-ethyl adjacent to an activating group) is 1. The first-order valence-corrected chi connectivity index (χ1v) is 16.4. The fraction of sp³-hybridized carbons (Fsp3) is 0.294. The molecule has 0 saturated carbocycles. The molecule has 2 aromatic carbocycles. The van der Waals surface area contributed by atoms with Gasteiger partial charge in [0, 0.05) is 56.1 Å². The van der Waals surface area contributed by atoms with Crippen molar-refractivity contribution in [2.45, 2.75) is 32.9 Å². The summed E-state index contributed by atoms with van der Waals surface area (Å²) >= 11 is 8.29. The molecule has 4 N–H and O–H groups in total. The van der Waals surface area contributed by atoms with E-state index in [-0.39, 0.29) is 33.7 Å². The summed E-state index contributed by atoms with van der Waals surface area (Å²) < 4.78 is 18.4. The molecule has 0 aliphatic carbocycles. The van der Waals surface area contributed by atoms with Gasteiger partial charge in [0.15, 0.2) is 17.2 Å². The third-order valence-corrected chi connectivity index (χ3v) is 9.79. The lowest BCUT2D eigenvalue weighted by Crippen LogP contribution is -2.50. The van der Waals surface area contributed by atoms with Gasteiger partial charge in [0.2, 0.25) is 5.91 Å². The number of carbonyl (C=O) groups is 2. The molecule has 13 heteroatoms. The zero-order valence-corrected chi connectivity index (χ0v) is 28.0. The molecule has 2 aliphatic rings. The summed E-state index contributed by atoms with van der Waals surface area (Å²) in [5.41, 5.74) is 9.67. The van der Waals surface area contributed by atoms with Gasteiger partial charge < -0.3 is 30.9 Å². The Bertz CT molecular complexity index is 1970. The van der Waals surface area contributed by atoms with Crippen LogP contribution in [0.3, 0.4) is 0 Å². The quantitative estimate of drug-likeness (QED) is 0.231. The molecule has 0 spiro atoms. The Morgan fingerprint density at radius 3 is 2.57 bits per heavy atom. The zero-order chi connectivity index (χ0) is 33.7. The van der Waals surface area contributed by atoms with E-state index < -0.39 is 18.0 Å². The number of aliphatic hydroxyl groups is 1. The molecule has 6 rings (SSSR count). The summed E-state index contributed by atoms with van der Waals surface area (Å²) in [5.74, 6) is -1.54. The van der Waals surface area contributed by atoms with Crippen molar-refractivity contribution < 1.29 is 19.1 Å². The first kappa shape index (κ1) is 32.4. The van der Waals surface area contributed by atoms with Gasteiger partial charge in [0.25, 0.3) is 5.91 Å². The van der Waals surface area contributed by atoms with Crippen LogP contribution in [0.2, 0.25) is 5.02 Å². The zero-order valence-electron chi connectivity index (χ0n) is 26.5. The average Bonchev–Trinajstić information content (AvgIpc) is 3.45. The van der Waals surface area contributed by atoms with Crippen molar-refractivity contribution >= 4 is 67.2 Å². The fourth-order valence-corrected chi connectivity index (χ4v) is 7.53. The standard InChI is InChI=1S/C34H35ClFN7O3S/c1-6-23(44)41-12-14-42(15-13-41)30-20-16-21(35)24(19-8-7-9-22-28(19)40-34(37)47-22)26(36)31(20)43(33(46)25(30)32(45)38-5)29-18(4)10-11-39-27(29)17(2)3/h6-11,16-17,33,46H,1,12-15H2,2-5H3,(H2,37,40)(H,38,45). The minimum atomic E-state index is -1.61. The van der Waals surface area contributed by atoms with E-state index in [1.165, 1.54) is 29.4 Å². The molecule has 47 heavy (non-hydrogen) atoms. The molecule has 2 amide bonds. The monoisotopic (exact) mass is 675 g/mol. The molecule has 1 fully saturated rings. The van der Waals surface area contributed by atoms with Crippen molar-refractivity contribution in [2.24, 2.45) is 0 Å². The summed E-state index contributed by atoms with van der Waals surface area (Å²) in [4.78, 5) is 40.2. The largest absolute Gasteiger partial charge is 0.375 e. The number of pyridine rings is 1. The molecule has 4 aromatic rings. The smallest absolute Gasteiger partial charge is 0.253 e. The number of rotatable bonds is 6. The number of aliphatic hydroxyl groups excluding tert-OH is 1. The number of nitrogens with zero attached hydrogens (tertiary/aromatic N) is 5. The highest BCUT2D eigenvalue weighted by molar-refractivity contribution is 7.22. The van der Waals surface area contributed by atoms with E-state index in [9.17, 15) is 14.7 Å². The maximum Gasteiger partial charge on any atom is 0.253 e. The van der Waals surface area contributed by atoms with Gasteiger partial charge >= 0.3 is 0 Å². The van der Waals surface area contributed by atoms with Gasteiger partial charge in [-0.3, -0.25) is 14.6 Å². The molecule has 2 aromatic heterocycles. The van der Waals surface area contributed by atoms with Crippen LogP contribution in [0.4, 0.5) is 20.9 Å². The van der Waals surface area contributed by atoms with Crippen LogP contribution in [0.15, 0.2) is 54.8 Å². The highest BCUT2D eigenvalue weighted by Gasteiger charge is 2.43. The van der Waals surface area contributed by atoms with Crippen LogP contribution in [-0.2, 0) is 9.59 Å². The van der Waals surface area contributed by atoms with E-state index >= 15 is 4.39 Å². The first-order chi connectivity index (χ1) is 22.5. The number of anilines is 3. The van der Waals surface area contributed by atoms with E-state index in [4.69, 9.17) is 17.3 Å². The Morgan fingerprint density at radius 2 is 1.91 bits per heavy atom. The third-order valence-electron chi connectivity index (χ3n) is 8.65. The van der Waals surface area contributed by atoms with Crippen molar-refractivity contribution in [3.8, 4) is 11.1 Å². The first-order valence-electron chi connectivity index (χ1n) is 15.2. The minimum absolute atomic E-state index is 0.0269. The number of amides is 2.